The summed E-state index contributed by atoms with van der Waals surface area (Å²) in [6.07, 6.45) is 0. The first-order chi connectivity index (χ1) is 15.6. The van der Waals surface area contributed by atoms with Crippen molar-refractivity contribution in [2.24, 2.45) is 0 Å². The van der Waals surface area contributed by atoms with Crippen molar-refractivity contribution in [3.8, 4) is 11.3 Å². The van der Waals surface area contributed by atoms with E-state index in [0.717, 1.165) is 29.6 Å². The maximum atomic E-state index is 13.6. The number of aromatic nitrogens is 1. The molecule has 1 amide bonds. The number of hydrogen-bond donors (Lipinski definition) is 0. The van der Waals surface area contributed by atoms with Gasteiger partial charge in [0.05, 0.1) is 26.8 Å². The lowest BCUT2D eigenvalue weighted by Gasteiger charge is -2.36. The van der Waals surface area contributed by atoms with E-state index >= 15 is 0 Å². The maximum Gasteiger partial charge on any atom is 0.254 e. The molecule has 0 spiro atoms. The third-order valence-electron chi connectivity index (χ3n) is 5.85. The molecule has 3 aromatic carbocycles. The number of rotatable bonds is 3. The Balaban J connectivity index is 1.46. The molecule has 1 aliphatic heterocycles. The van der Waals surface area contributed by atoms with Gasteiger partial charge < -0.3 is 9.80 Å². The molecule has 1 fully saturated rings. The first-order valence-electron chi connectivity index (χ1n) is 10.5. The number of pyridine rings is 1. The zero-order valence-electron chi connectivity index (χ0n) is 17.3. The molecule has 160 valence electrons. The number of para-hydroxylation sites is 2. The summed E-state index contributed by atoms with van der Waals surface area (Å²) in [5.74, 6) is 0.0256. The highest BCUT2D eigenvalue weighted by Gasteiger charge is 2.24. The molecule has 0 unspecified atom stereocenters. The summed E-state index contributed by atoms with van der Waals surface area (Å²) in [4.78, 5) is 22.6. The molecule has 5 rings (SSSR count). The van der Waals surface area contributed by atoms with E-state index in [2.05, 4.69) is 17.0 Å². The second kappa shape index (κ2) is 8.81. The number of carbonyl (C=O) groups is 1. The Hall–Kier alpha value is -3.08. The summed E-state index contributed by atoms with van der Waals surface area (Å²) in [5, 5.41) is 1.81. The summed E-state index contributed by atoms with van der Waals surface area (Å²) in [5.41, 5.74) is 4.16. The fraction of sp³-hybridized carbons (Fsp3) is 0.154. The Bertz CT molecular complexity index is 1290. The largest absolute Gasteiger partial charge is 0.368 e. The van der Waals surface area contributed by atoms with Crippen molar-refractivity contribution in [2.45, 2.75) is 0 Å². The number of piperazine rings is 1. The van der Waals surface area contributed by atoms with Gasteiger partial charge in [0, 0.05) is 42.8 Å². The van der Waals surface area contributed by atoms with Crippen LogP contribution in [0.4, 0.5) is 5.69 Å². The van der Waals surface area contributed by atoms with Crippen LogP contribution in [-0.4, -0.2) is 42.0 Å². The van der Waals surface area contributed by atoms with E-state index in [4.69, 9.17) is 28.2 Å². The number of fused-ring (bicyclic) bond motifs is 1. The number of benzene rings is 3. The molecular formula is C26H21Cl2N3O. The van der Waals surface area contributed by atoms with Crippen LogP contribution in [0.2, 0.25) is 10.0 Å². The fourth-order valence-corrected chi connectivity index (χ4v) is 4.43. The lowest BCUT2D eigenvalue weighted by atomic mass is 10.0. The predicted molar refractivity (Wildman–Crippen MR) is 132 cm³/mol. The van der Waals surface area contributed by atoms with Gasteiger partial charge in [-0.15, -0.1) is 0 Å². The van der Waals surface area contributed by atoms with Crippen LogP contribution in [0.3, 0.4) is 0 Å². The van der Waals surface area contributed by atoms with Crippen molar-refractivity contribution >= 4 is 45.7 Å². The highest BCUT2D eigenvalue weighted by Crippen LogP contribution is 2.31. The SMILES string of the molecule is O=C(c1cc(-c2ccc(Cl)c(Cl)c2)nc2ccccc12)N1CCN(c2ccccc2)CC1. The third kappa shape index (κ3) is 4.04. The minimum atomic E-state index is 0.0256. The van der Waals surface area contributed by atoms with Crippen LogP contribution in [0.5, 0.6) is 0 Å². The smallest absolute Gasteiger partial charge is 0.254 e. The molecule has 1 saturated heterocycles. The molecule has 4 nitrogen and oxygen atoms in total. The highest BCUT2D eigenvalue weighted by molar-refractivity contribution is 6.42. The molecule has 0 radical (unpaired) electrons. The molecule has 1 aliphatic rings. The van der Waals surface area contributed by atoms with Gasteiger partial charge in [-0.2, -0.15) is 0 Å². The number of carbonyl (C=O) groups excluding carboxylic acids is 1. The Morgan fingerprint density at radius 3 is 2.25 bits per heavy atom. The standard InChI is InChI=1S/C26H21Cl2N3O/c27-22-11-10-18(16-23(22)28)25-17-21(20-8-4-5-9-24(20)29-25)26(32)31-14-12-30(13-15-31)19-6-2-1-3-7-19/h1-11,16-17H,12-15H2. The van der Waals surface area contributed by atoms with Gasteiger partial charge in [-0.3, -0.25) is 4.79 Å². The number of nitrogens with zero attached hydrogens (tertiary/aromatic N) is 3. The predicted octanol–water partition coefficient (Wildman–Crippen LogP) is 6.17. The third-order valence-corrected chi connectivity index (χ3v) is 6.59. The average molecular weight is 462 g/mol. The minimum Gasteiger partial charge on any atom is -0.368 e. The van der Waals surface area contributed by atoms with Crippen LogP contribution in [0.15, 0.2) is 78.9 Å². The van der Waals surface area contributed by atoms with Gasteiger partial charge in [0.1, 0.15) is 0 Å². The van der Waals surface area contributed by atoms with E-state index in [-0.39, 0.29) is 5.91 Å². The summed E-state index contributed by atoms with van der Waals surface area (Å²) in [7, 11) is 0. The number of amides is 1. The van der Waals surface area contributed by atoms with Crippen molar-refractivity contribution in [3.05, 3.63) is 94.5 Å². The van der Waals surface area contributed by atoms with Gasteiger partial charge in [0.15, 0.2) is 0 Å². The van der Waals surface area contributed by atoms with E-state index < -0.39 is 0 Å². The lowest BCUT2D eigenvalue weighted by molar-refractivity contribution is 0.0748. The van der Waals surface area contributed by atoms with Crippen molar-refractivity contribution in [1.29, 1.82) is 0 Å². The molecule has 2 heterocycles. The van der Waals surface area contributed by atoms with E-state index in [1.807, 2.05) is 59.5 Å². The zero-order valence-corrected chi connectivity index (χ0v) is 18.9. The summed E-state index contributed by atoms with van der Waals surface area (Å²) in [6.45, 7) is 2.95. The minimum absolute atomic E-state index is 0.0256. The van der Waals surface area contributed by atoms with E-state index in [1.165, 1.54) is 5.69 Å². The highest BCUT2D eigenvalue weighted by atomic mass is 35.5. The zero-order chi connectivity index (χ0) is 22.1. The lowest BCUT2D eigenvalue weighted by Crippen LogP contribution is -2.48. The molecule has 0 aliphatic carbocycles. The summed E-state index contributed by atoms with van der Waals surface area (Å²) < 4.78 is 0. The van der Waals surface area contributed by atoms with Crippen LogP contribution in [0.1, 0.15) is 10.4 Å². The maximum absolute atomic E-state index is 13.6. The Morgan fingerprint density at radius 1 is 0.781 bits per heavy atom. The monoisotopic (exact) mass is 461 g/mol. The van der Waals surface area contributed by atoms with E-state index in [1.54, 1.807) is 12.1 Å². The number of halogens is 2. The molecule has 0 saturated carbocycles. The molecule has 4 aromatic rings. The van der Waals surface area contributed by atoms with E-state index in [0.29, 0.717) is 34.4 Å². The Labute approximate surface area is 197 Å². The van der Waals surface area contributed by atoms with Crippen molar-refractivity contribution < 1.29 is 4.79 Å². The molecule has 6 heteroatoms. The number of hydrogen-bond acceptors (Lipinski definition) is 3. The van der Waals surface area contributed by atoms with Crippen LogP contribution >= 0.6 is 23.2 Å². The topological polar surface area (TPSA) is 36.4 Å². The summed E-state index contributed by atoms with van der Waals surface area (Å²) >= 11 is 12.3. The molecule has 0 N–H and O–H groups in total. The normalized spacial score (nSPS) is 14.1. The van der Waals surface area contributed by atoms with Crippen molar-refractivity contribution in [2.75, 3.05) is 31.1 Å². The van der Waals surface area contributed by atoms with Gasteiger partial charge in [-0.05, 0) is 36.4 Å². The van der Waals surface area contributed by atoms with Crippen LogP contribution < -0.4 is 4.90 Å². The first kappa shape index (κ1) is 20.8. The number of anilines is 1. The van der Waals surface area contributed by atoms with Gasteiger partial charge in [0.2, 0.25) is 0 Å². The van der Waals surface area contributed by atoms with Gasteiger partial charge in [-0.1, -0.05) is 65.7 Å². The van der Waals surface area contributed by atoms with Crippen LogP contribution in [0, 0.1) is 0 Å². The van der Waals surface area contributed by atoms with Crippen molar-refractivity contribution in [3.63, 3.8) is 0 Å². The quantitative estimate of drug-likeness (QED) is 0.365. The average Bonchev–Trinajstić information content (AvgIpc) is 2.85. The fourth-order valence-electron chi connectivity index (χ4n) is 4.13. The second-order valence-electron chi connectivity index (χ2n) is 7.82. The van der Waals surface area contributed by atoms with Crippen LogP contribution in [-0.2, 0) is 0 Å². The summed E-state index contributed by atoms with van der Waals surface area (Å²) in [6, 6.07) is 25.3. The van der Waals surface area contributed by atoms with E-state index in [9.17, 15) is 4.79 Å². The molecule has 1 aromatic heterocycles. The molecular weight excluding hydrogens is 441 g/mol. The Morgan fingerprint density at radius 2 is 1.50 bits per heavy atom. The molecule has 0 atom stereocenters. The van der Waals surface area contributed by atoms with Crippen LogP contribution in [0.25, 0.3) is 22.2 Å². The van der Waals surface area contributed by atoms with Gasteiger partial charge in [0.25, 0.3) is 5.91 Å². The van der Waals surface area contributed by atoms with Gasteiger partial charge >= 0.3 is 0 Å². The van der Waals surface area contributed by atoms with Crippen molar-refractivity contribution in [1.82, 2.24) is 9.88 Å². The Kier molecular flexibility index (Phi) is 5.73. The van der Waals surface area contributed by atoms with Gasteiger partial charge in [-0.25, -0.2) is 4.98 Å². The molecule has 0 bridgehead atoms. The first-order valence-corrected chi connectivity index (χ1v) is 11.3. The second-order valence-corrected chi connectivity index (χ2v) is 8.63. The molecule has 32 heavy (non-hydrogen) atoms.